The third-order valence-electron chi connectivity index (χ3n) is 4.21. The Labute approximate surface area is 190 Å². The van der Waals surface area contributed by atoms with Crippen molar-refractivity contribution in [2.24, 2.45) is 20.5 Å². The van der Waals surface area contributed by atoms with Gasteiger partial charge in [-0.25, -0.2) is 0 Å². The second-order valence-corrected chi connectivity index (χ2v) is 6.34. The third-order valence-corrected chi connectivity index (χ3v) is 4.21. The van der Waals surface area contributed by atoms with Crippen molar-refractivity contribution in [1.82, 2.24) is 0 Å². The van der Waals surface area contributed by atoms with Gasteiger partial charge in [-0.1, -0.05) is 29.4 Å². The number of hydrogen-bond acceptors (Lipinski definition) is 11. The molecule has 4 rings (SSSR count). The SMILES string of the molecule is CN=C1/C(=N/OCCO)Oc2ccccc21.CO/N=C(/C1=NOCCO1)c1ccccc1O. The number of benzene rings is 2. The highest BCUT2D eigenvalue weighted by atomic mass is 16.7. The molecule has 2 aromatic carbocycles. The van der Waals surface area contributed by atoms with E-state index >= 15 is 0 Å². The number of aliphatic hydroxyl groups is 1. The van der Waals surface area contributed by atoms with Gasteiger partial charge in [0.05, 0.1) is 12.2 Å². The number of aromatic hydroxyl groups is 1. The number of aliphatic imine (C=N–C) groups is 1. The fourth-order valence-corrected chi connectivity index (χ4v) is 2.83. The predicted molar refractivity (Wildman–Crippen MR) is 121 cm³/mol. The largest absolute Gasteiger partial charge is 0.507 e. The molecule has 0 aliphatic carbocycles. The van der Waals surface area contributed by atoms with E-state index < -0.39 is 0 Å². The number of aliphatic hydroxyl groups excluding tert-OH is 1. The molecule has 11 nitrogen and oxygen atoms in total. The number of rotatable bonds is 6. The Kier molecular flexibility index (Phi) is 8.60. The molecule has 174 valence electrons. The molecule has 2 N–H and O–H groups in total. The Bertz CT molecular complexity index is 1070. The van der Waals surface area contributed by atoms with Gasteiger partial charge in [-0.3, -0.25) is 4.99 Å². The number of phenolic OH excluding ortho intramolecular Hbond substituents is 1. The minimum Gasteiger partial charge on any atom is -0.507 e. The monoisotopic (exact) mass is 456 g/mol. The molecule has 0 saturated heterocycles. The van der Waals surface area contributed by atoms with Crippen LogP contribution in [0.3, 0.4) is 0 Å². The van der Waals surface area contributed by atoms with Crippen LogP contribution in [0.2, 0.25) is 0 Å². The minimum absolute atomic E-state index is 0.0696. The molecule has 33 heavy (non-hydrogen) atoms. The number of fused-ring (bicyclic) bond motifs is 1. The van der Waals surface area contributed by atoms with Crippen LogP contribution in [0.5, 0.6) is 11.5 Å². The quantitative estimate of drug-likeness (QED) is 0.385. The van der Waals surface area contributed by atoms with Crippen molar-refractivity contribution in [2.45, 2.75) is 0 Å². The van der Waals surface area contributed by atoms with Gasteiger partial charge in [-0.05, 0) is 34.6 Å². The van der Waals surface area contributed by atoms with Crippen LogP contribution in [-0.4, -0.2) is 74.0 Å². The number of oxime groups is 3. The second kappa shape index (κ2) is 12.1. The van der Waals surface area contributed by atoms with Crippen molar-refractivity contribution < 1.29 is 34.2 Å². The van der Waals surface area contributed by atoms with Crippen molar-refractivity contribution in [3.63, 3.8) is 0 Å². The van der Waals surface area contributed by atoms with E-state index in [0.29, 0.717) is 36.1 Å². The van der Waals surface area contributed by atoms with Crippen molar-refractivity contribution in [2.75, 3.05) is 40.6 Å². The van der Waals surface area contributed by atoms with Crippen LogP contribution in [0.25, 0.3) is 0 Å². The summed E-state index contributed by atoms with van der Waals surface area (Å²) in [6.07, 6.45) is 0. The third kappa shape index (κ3) is 5.98. The normalized spacial score (nSPS) is 17.1. The summed E-state index contributed by atoms with van der Waals surface area (Å²) in [6.45, 7) is 0.836. The maximum Gasteiger partial charge on any atom is 0.282 e. The summed E-state index contributed by atoms with van der Waals surface area (Å²) >= 11 is 0. The lowest BCUT2D eigenvalue weighted by molar-refractivity contribution is 0.0672. The lowest BCUT2D eigenvalue weighted by Crippen LogP contribution is -2.25. The van der Waals surface area contributed by atoms with Crippen LogP contribution in [0.1, 0.15) is 11.1 Å². The summed E-state index contributed by atoms with van der Waals surface area (Å²) in [6, 6.07) is 14.3. The van der Waals surface area contributed by atoms with E-state index in [9.17, 15) is 5.11 Å². The van der Waals surface area contributed by atoms with Crippen LogP contribution in [0.15, 0.2) is 69.0 Å². The van der Waals surface area contributed by atoms with Gasteiger partial charge in [0.25, 0.3) is 11.8 Å². The molecule has 0 aromatic heterocycles. The summed E-state index contributed by atoms with van der Waals surface area (Å²) in [5.74, 6) is 1.31. The Balaban J connectivity index is 0.000000186. The van der Waals surface area contributed by atoms with Crippen LogP contribution in [0, 0.1) is 0 Å². The van der Waals surface area contributed by atoms with Gasteiger partial charge < -0.3 is 34.2 Å². The van der Waals surface area contributed by atoms with Crippen LogP contribution in [0.4, 0.5) is 0 Å². The summed E-state index contributed by atoms with van der Waals surface area (Å²) in [5, 5.41) is 29.6. The average molecular weight is 456 g/mol. The van der Waals surface area contributed by atoms with Crippen molar-refractivity contribution >= 4 is 23.2 Å². The second-order valence-electron chi connectivity index (χ2n) is 6.34. The first-order valence-corrected chi connectivity index (χ1v) is 9.97. The molecule has 2 aliphatic rings. The molecular formula is C22H24N4O7. The maximum absolute atomic E-state index is 9.75. The molecule has 2 aromatic rings. The Morgan fingerprint density at radius 3 is 2.61 bits per heavy atom. The zero-order chi connectivity index (χ0) is 23.5. The fourth-order valence-electron chi connectivity index (χ4n) is 2.83. The van der Waals surface area contributed by atoms with Crippen molar-refractivity contribution in [1.29, 1.82) is 0 Å². The Morgan fingerprint density at radius 2 is 1.91 bits per heavy atom. The van der Waals surface area contributed by atoms with E-state index in [0.717, 1.165) is 11.3 Å². The van der Waals surface area contributed by atoms with Crippen molar-refractivity contribution in [3.05, 3.63) is 59.7 Å². The smallest absolute Gasteiger partial charge is 0.282 e. The first kappa shape index (κ1) is 23.5. The van der Waals surface area contributed by atoms with E-state index in [1.165, 1.54) is 7.11 Å². The number of hydrogen-bond donors (Lipinski definition) is 2. The molecule has 0 saturated carbocycles. The molecule has 0 radical (unpaired) electrons. The van der Waals surface area contributed by atoms with Crippen molar-refractivity contribution in [3.8, 4) is 11.5 Å². The first-order chi connectivity index (χ1) is 16.2. The van der Waals surface area contributed by atoms with E-state index in [4.69, 9.17) is 29.1 Å². The van der Waals surface area contributed by atoms with Crippen LogP contribution < -0.4 is 4.74 Å². The van der Waals surface area contributed by atoms with Gasteiger partial charge in [0.15, 0.2) is 12.3 Å². The average Bonchev–Trinajstić information content (AvgIpc) is 3.21. The topological polar surface area (TPSA) is 136 Å². The van der Waals surface area contributed by atoms with Gasteiger partial charge in [0.1, 0.15) is 37.5 Å². The van der Waals surface area contributed by atoms with Gasteiger partial charge in [-0.15, -0.1) is 0 Å². The molecule has 0 spiro atoms. The molecule has 0 bridgehead atoms. The Morgan fingerprint density at radius 1 is 1.12 bits per heavy atom. The predicted octanol–water partition coefficient (Wildman–Crippen LogP) is 1.92. The van der Waals surface area contributed by atoms with Crippen LogP contribution in [-0.2, 0) is 19.2 Å². The minimum atomic E-state index is -0.0810. The molecular weight excluding hydrogens is 432 g/mol. The molecule has 0 fully saturated rings. The van der Waals surface area contributed by atoms with E-state index in [1.807, 2.05) is 24.3 Å². The zero-order valence-electron chi connectivity index (χ0n) is 18.2. The number of ether oxygens (including phenoxy) is 2. The number of nitrogens with zero attached hydrogens (tertiary/aromatic N) is 4. The molecule has 11 heteroatoms. The van der Waals surface area contributed by atoms with Crippen LogP contribution >= 0.6 is 0 Å². The number of phenols is 1. The van der Waals surface area contributed by atoms with Gasteiger partial charge in [-0.2, -0.15) is 0 Å². The number of para-hydroxylation sites is 2. The zero-order valence-corrected chi connectivity index (χ0v) is 18.2. The van der Waals surface area contributed by atoms with E-state index in [1.54, 1.807) is 31.3 Å². The van der Waals surface area contributed by atoms with E-state index in [2.05, 4.69) is 20.5 Å². The fraction of sp³-hybridized carbons (Fsp3) is 0.273. The molecule has 0 atom stereocenters. The van der Waals surface area contributed by atoms with E-state index in [-0.39, 0.29) is 24.9 Å². The maximum atomic E-state index is 9.75. The summed E-state index contributed by atoms with van der Waals surface area (Å²) in [4.78, 5) is 18.6. The summed E-state index contributed by atoms with van der Waals surface area (Å²) < 4.78 is 10.8. The lowest BCUT2D eigenvalue weighted by Gasteiger charge is -2.15. The molecule has 0 unspecified atom stereocenters. The molecule has 2 aliphatic heterocycles. The van der Waals surface area contributed by atoms with Gasteiger partial charge in [0.2, 0.25) is 0 Å². The highest BCUT2D eigenvalue weighted by Crippen LogP contribution is 2.26. The summed E-state index contributed by atoms with van der Waals surface area (Å²) in [7, 11) is 3.08. The lowest BCUT2D eigenvalue weighted by atomic mass is 10.1. The van der Waals surface area contributed by atoms with Gasteiger partial charge >= 0.3 is 0 Å². The molecule has 0 amide bonds. The highest BCUT2D eigenvalue weighted by molar-refractivity contribution is 6.48. The summed E-state index contributed by atoms with van der Waals surface area (Å²) in [5.41, 5.74) is 2.33. The Hall–Kier alpha value is -4.12. The first-order valence-electron chi connectivity index (χ1n) is 9.97. The van der Waals surface area contributed by atoms with Gasteiger partial charge in [0, 0.05) is 12.6 Å². The standard InChI is InChI=1S/C11H12N2O4.C11H12N2O3/c1-15-12-10(11-13-17-7-6-16-11)8-4-2-3-5-9(8)14;1-12-10-8-4-2-3-5-9(8)16-11(10)13-15-7-6-14/h2-5,14H,6-7H2,1H3;2-5,14H,6-7H2,1H3/b12-10+;12-10?,13-11-. The molecule has 2 heterocycles. The highest BCUT2D eigenvalue weighted by Gasteiger charge is 2.26.